The molecule has 66 valence electrons. The molecule has 0 saturated heterocycles. The number of nitrogens with two attached hydrogens (primary N) is 1. The lowest BCUT2D eigenvalue weighted by molar-refractivity contribution is 0.475. The normalized spacial score (nSPS) is 10.3. The molecule has 0 aromatic heterocycles. The van der Waals surface area contributed by atoms with E-state index in [1.54, 1.807) is 13.8 Å². The highest BCUT2D eigenvalue weighted by Crippen LogP contribution is 2.40. The molecule has 0 heterocycles. The molecule has 0 spiro atoms. The molecule has 0 fully saturated rings. The van der Waals surface area contributed by atoms with Gasteiger partial charge in [-0.3, -0.25) is 0 Å². The lowest BCUT2D eigenvalue weighted by atomic mass is 10.1. The van der Waals surface area contributed by atoms with E-state index in [0.717, 1.165) is 0 Å². The number of nitrogen functional groups attached to an aromatic ring is 1. The summed E-state index contributed by atoms with van der Waals surface area (Å²) < 4.78 is 0. The van der Waals surface area contributed by atoms with Crippen molar-refractivity contribution in [1.82, 2.24) is 0 Å². The van der Waals surface area contributed by atoms with Crippen molar-refractivity contribution in [1.29, 1.82) is 0 Å². The van der Waals surface area contributed by atoms with Crippen LogP contribution in [-0.4, -0.2) is 5.11 Å². The summed E-state index contributed by atoms with van der Waals surface area (Å²) in [5.41, 5.74) is 7.53. The lowest BCUT2D eigenvalue weighted by Gasteiger charge is -2.10. The van der Waals surface area contributed by atoms with E-state index in [2.05, 4.69) is 0 Å². The van der Waals surface area contributed by atoms with Crippen molar-refractivity contribution in [2.24, 2.45) is 0 Å². The molecule has 0 unspecified atom stereocenters. The summed E-state index contributed by atoms with van der Waals surface area (Å²) in [5, 5.41) is 9.82. The van der Waals surface area contributed by atoms with Crippen LogP contribution < -0.4 is 5.73 Å². The fourth-order valence-electron chi connectivity index (χ4n) is 0.969. The van der Waals surface area contributed by atoms with Gasteiger partial charge in [0.25, 0.3) is 0 Å². The third-order valence-corrected chi connectivity index (χ3v) is 2.81. The van der Waals surface area contributed by atoms with Gasteiger partial charge in [0.1, 0.15) is 0 Å². The van der Waals surface area contributed by atoms with Crippen LogP contribution in [0.15, 0.2) is 0 Å². The molecular formula is C8H9Cl2NO. The summed E-state index contributed by atoms with van der Waals surface area (Å²) in [6, 6.07) is 0. The number of hydrogen-bond acceptors (Lipinski definition) is 2. The van der Waals surface area contributed by atoms with Gasteiger partial charge >= 0.3 is 0 Å². The second kappa shape index (κ2) is 3.04. The van der Waals surface area contributed by atoms with Gasteiger partial charge in [0.15, 0.2) is 5.75 Å². The summed E-state index contributed by atoms with van der Waals surface area (Å²) in [4.78, 5) is 0. The van der Waals surface area contributed by atoms with Crippen LogP contribution in [0.2, 0.25) is 10.0 Å². The maximum Gasteiger partial charge on any atom is 0.153 e. The minimum Gasteiger partial charge on any atom is -0.505 e. The molecule has 0 bridgehead atoms. The Hall–Kier alpha value is -0.600. The van der Waals surface area contributed by atoms with Crippen LogP contribution in [-0.2, 0) is 0 Å². The van der Waals surface area contributed by atoms with Crippen molar-refractivity contribution < 1.29 is 5.11 Å². The second-order valence-electron chi connectivity index (χ2n) is 2.64. The number of halogens is 2. The van der Waals surface area contributed by atoms with E-state index >= 15 is 0 Å². The van der Waals surface area contributed by atoms with Crippen LogP contribution in [0.3, 0.4) is 0 Å². The molecule has 1 aromatic carbocycles. The number of hydrogen-bond donors (Lipinski definition) is 2. The van der Waals surface area contributed by atoms with Crippen LogP contribution in [0.1, 0.15) is 11.1 Å². The first-order chi connectivity index (χ1) is 5.46. The van der Waals surface area contributed by atoms with Crippen LogP contribution in [0.25, 0.3) is 0 Å². The van der Waals surface area contributed by atoms with E-state index in [1.165, 1.54) is 0 Å². The van der Waals surface area contributed by atoms with E-state index in [0.29, 0.717) is 16.8 Å². The Morgan fingerprint density at radius 3 is 1.75 bits per heavy atom. The third kappa shape index (κ3) is 1.21. The van der Waals surface area contributed by atoms with E-state index in [4.69, 9.17) is 28.9 Å². The number of phenolic OH excluding ortho intramolecular Hbond substituents is 1. The fourth-order valence-corrected chi connectivity index (χ4v) is 1.41. The standard InChI is InChI=1S/C8H9Cl2NO/c1-3-5(9)8(12)6(10)4(2)7(3)11/h12H,11H2,1-2H3. The molecule has 0 aliphatic carbocycles. The summed E-state index contributed by atoms with van der Waals surface area (Å²) >= 11 is 11.5. The Labute approximate surface area is 80.9 Å². The molecule has 0 saturated carbocycles. The van der Waals surface area contributed by atoms with Gasteiger partial charge in [-0.25, -0.2) is 0 Å². The maximum absolute atomic E-state index is 9.37. The van der Waals surface area contributed by atoms with Gasteiger partial charge in [-0.2, -0.15) is 0 Å². The molecule has 1 aromatic rings. The lowest BCUT2D eigenvalue weighted by Crippen LogP contribution is -1.95. The molecular weight excluding hydrogens is 197 g/mol. The van der Waals surface area contributed by atoms with E-state index in [-0.39, 0.29) is 15.8 Å². The monoisotopic (exact) mass is 205 g/mol. The van der Waals surface area contributed by atoms with Gasteiger partial charge in [-0.05, 0) is 25.0 Å². The number of rotatable bonds is 0. The quantitative estimate of drug-likeness (QED) is 0.506. The van der Waals surface area contributed by atoms with Gasteiger partial charge in [-0.1, -0.05) is 23.2 Å². The van der Waals surface area contributed by atoms with Gasteiger partial charge in [-0.15, -0.1) is 0 Å². The summed E-state index contributed by atoms with van der Waals surface area (Å²) in [7, 11) is 0. The maximum atomic E-state index is 9.37. The minimum atomic E-state index is -0.0949. The fraction of sp³-hybridized carbons (Fsp3) is 0.250. The average molecular weight is 206 g/mol. The number of benzene rings is 1. The van der Waals surface area contributed by atoms with Crippen LogP contribution in [0.4, 0.5) is 5.69 Å². The molecule has 12 heavy (non-hydrogen) atoms. The summed E-state index contributed by atoms with van der Waals surface area (Å²) in [5.74, 6) is -0.0949. The van der Waals surface area contributed by atoms with Crippen molar-refractivity contribution in [3.05, 3.63) is 21.2 Å². The van der Waals surface area contributed by atoms with Crippen molar-refractivity contribution in [3.63, 3.8) is 0 Å². The van der Waals surface area contributed by atoms with Crippen molar-refractivity contribution in [2.75, 3.05) is 5.73 Å². The highest BCUT2D eigenvalue weighted by atomic mass is 35.5. The first kappa shape index (κ1) is 9.49. The molecule has 0 aliphatic rings. The Morgan fingerprint density at radius 2 is 1.42 bits per heavy atom. The molecule has 0 radical (unpaired) electrons. The zero-order valence-electron chi connectivity index (χ0n) is 6.78. The third-order valence-electron chi connectivity index (χ3n) is 1.88. The predicted molar refractivity (Wildman–Crippen MR) is 52.0 cm³/mol. The second-order valence-corrected chi connectivity index (χ2v) is 3.40. The van der Waals surface area contributed by atoms with E-state index in [1.807, 2.05) is 0 Å². The SMILES string of the molecule is Cc1c(N)c(C)c(Cl)c(O)c1Cl. The minimum absolute atomic E-state index is 0.0949. The van der Waals surface area contributed by atoms with Gasteiger partial charge < -0.3 is 10.8 Å². The van der Waals surface area contributed by atoms with Crippen molar-refractivity contribution >= 4 is 28.9 Å². The average Bonchev–Trinajstić information content (AvgIpc) is 2.08. The Morgan fingerprint density at radius 1 is 1.08 bits per heavy atom. The Balaban J connectivity index is 3.60. The van der Waals surface area contributed by atoms with Crippen molar-refractivity contribution in [2.45, 2.75) is 13.8 Å². The molecule has 4 heteroatoms. The topological polar surface area (TPSA) is 46.2 Å². The zero-order chi connectivity index (χ0) is 9.46. The first-order valence-electron chi connectivity index (χ1n) is 3.39. The first-order valence-corrected chi connectivity index (χ1v) is 4.15. The van der Waals surface area contributed by atoms with Crippen molar-refractivity contribution in [3.8, 4) is 5.75 Å². The van der Waals surface area contributed by atoms with Gasteiger partial charge in [0, 0.05) is 5.69 Å². The predicted octanol–water partition coefficient (Wildman–Crippen LogP) is 2.90. The molecule has 0 atom stereocenters. The molecule has 1 rings (SSSR count). The number of aromatic hydroxyl groups is 1. The van der Waals surface area contributed by atoms with Crippen LogP contribution >= 0.6 is 23.2 Å². The van der Waals surface area contributed by atoms with Gasteiger partial charge in [0.05, 0.1) is 10.0 Å². The molecule has 3 N–H and O–H groups in total. The smallest absolute Gasteiger partial charge is 0.153 e. The Kier molecular flexibility index (Phi) is 2.40. The number of phenols is 1. The van der Waals surface area contributed by atoms with Crippen LogP contribution in [0.5, 0.6) is 5.75 Å². The molecule has 0 aliphatic heterocycles. The molecule has 0 amide bonds. The van der Waals surface area contributed by atoms with E-state index < -0.39 is 0 Å². The highest BCUT2D eigenvalue weighted by Gasteiger charge is 2.14. The highest BCUT2D eigenvalue weighted by molar-refractivity contribution is 6.38. The van der Waals surface area contributed by atoms with Crippen LogP contribution in [0, 0.1) is 13.8 Å². The Bertz CT molecular complexity index is 231. The van der Waals surface area contributed by atoms with Gasteiger partial charge in [0.2, 0.25) is 0 Å². The number of anilines is 1. The summed E-state index contributed by atoms with van der Waals surface area (Å²) in [6.45, 7) is 3.47. The summed E-state index contributed by atoms with van der Waals surface area (Å²) in [6.07, 6.45) is 0. The largest absolute Gasteiger partial charge is 0.505 e. The van der Waals surface area contributed by atoms with E-state index in [9.17, 15) is 5.11 Å². The zero-order valence-corrected chi connectivity index (χ0v) is 8.29. The molecule has 2 nitrogen and oxygen atoms in total.